The van der Waals surface area contributed by atoms with Gasteiger partial charge in [0, 0.05) is 44.1 Å². The third kappa shape index (κ3) is 4.74. The van der Waals surface area contributed by atoms with E-state index >= 15 is 0 Å². The highest BCUT2D eigenvalue weighted by Crippen LogP contribution is 2.39. The van der Waals surface area contributed by atoms with Crippen LogP contribution in [0.1, 0.15) is 23.6 Å². The minimum Gasteiger partial charge on any atom is -0.507 e. The number of morpholine rings is 1. The van der Waals surface area contributed by atoms with Crippen LogP contribution in [0.3, 0.4) is 0 Å². The van der Waals surface area contributed by atoms with Crippen LogP contribution in [-0.2, 0) is 14.3 Å². The maximum Gasteiger partial charge on any atom is 0.295 e. The summed E-state index contributed by atoms with van der Waals surface area (Å²) >= 11 is 0. The summed E-state index contributed by atoms with van der Waals surface area (Å²) in [5, 5.41) is 11.0. The molecule has 0 radical (unpaired) electrons. The Kier molecular flexibility index (Phi) is 7.00. The van der Waals surface area contributed by atoms with E-state index in [1.165, 1.54) is 24.1 Å². The molecule has 1 N–H and O–H groups in total. The molecule has 1 aromatic heterocycles. The van der Waals surface area contributed by atoms with Gasteiger partial charge < -0.3 is 19.5 Å². The van der Waals surface area contributed by atoms with Crippen LogP contribution in [0.4, 0.5) is 4.39 Å². The molecule has 0 bridgehead atoms. The molecule has 2 aliphatic rings. The lowest BCUT2D eigenvalue weighted by Crippen LogP contribution is -2.38. The fourth-order valence-electron chi connectivity index (χ4n) is 4.26. The third-order valence-electron chi connectivity index (χ3n) is 5.96. The summed E-state index contributed by atoms with van der Waals surface area (Å²) in [6.07, 6.45) is 3.79. The molecule has 2 aliphatic heterocycles. The molecule has 0 aliphatic carbocycles. The van der Waals surface area contributed by atoms with Crippen LogP contribution in [0.2, 0.25) is 0 Å². The van der Waals surface area contributed by atoms with Gasteiger partial charge in [0.2, 0.25) is 0 Å². The molecule has 0 saturated carbocycles. The molecular formula is C24H26FN3O5. The predicted octanol–water partition coefficient (Wildman–Crippen LogP) is 2.37. The minimum atomic E-state index is -0.795. The first kappa shape index (κ1) is 22.9. The van der Waals surface area contributed by atoms with E-state index in [-0.39, 0.29) is 16.9 Å². The lowest BCUT2D eigenvalue weighted by atomic mass is 9.96. The van der Waals surface area contributed by atoms with Gasteiger partial charge in [-0.05, 0) is 42.3 Å². The molecule has 4 rings (SSSR count). The van der Waals surface area contributed by atoms with Gasteiger partial charge in [-0.1, -0.05) is 0 Å². The van der Waals surface area contributed by atoms with Crippen LogP contribution in [0.25, 0.3) is 5.76 Å². The van der Waals surface area contributed by atoms with Crippen molar-refractivity contribution in [3.05, 3.63) is 65.2 Å². The lowest BCUT2D eigenvalue weighted by molar-refractivity contribution is -0.140. The number of carbonyl (C=O) groups is 2. The molecule has 1 amide bonds. The molecule has 2 saturated heterocycles. The number of aliphatic hydroxyl groups excluding tert-OH is 1. The number of benzene rings is 1. The Morgan fingerprint density at radius 2 is 1.91 bits per heavy atom. The summed E-state index contributed by atoms with van der Waals surface area (Å²) < 4.78 is 24.6. The van der Waals surface area contributed by atoms with Gasteiger partial charge >= 0.3 is 0 Å². The zero-order valence-electron chi connectivity index (χ0n) is 18.4. The Morgan fingerprint density at radius 1 is 1.18 bits per heavy atom. The number of Topliss-reactive ketones (excluding diaryl/α,β-unsaturated/α-hetero) is 1. The molecule has 1 aromatic carbocycles. The Labute approximate surface area is 191 Å². The number of aliphatic hydroxyl groups is 1. The monoisotopic (exact) mass is 455 g/mol. The third-order valence-corrected chi connectivity index (χ3v) is 5.96. The van der Waals surface area contributed by atoms with E-state index in [0.29, 0.717) is 31.7 Å². The number of carbonyl (C=O) groups excluding carboxylic acids is 2. The first-order valence-corrected chi connectivity index (χ1v) is 10.8. The number of rotatable bonds is 7. The fraction of sp³-hybridized carbons (Fsp3) is 0.375. The van der Waals surface area contributed by atoms with Crippen molar-refractivity contribution < 1.29 is 28.6 Å². The minimum absolute atomic E-state index is 0.0146. The van der Waals surface area contributed by atoms with Crippen LogP contribution >= 0.6 is 0 Å². The van der Waals surface area contributed by atoms with Gasteiger partial charge in [0.1, 0.15) is 5.76 Å². The van der Waals surface area contributed by atoms with Crippen LogP contribution in [0.15, 0.2) is 48.3 Å². The summed E-state index contributed by atoms with van der Waals surface area (Å²) in [5.74, 6) is -2.57. The predicted molar refractivity (Wildman–Crippen MR) is 118 cm³/mol. The van der Waals surface area contributed by atoms with Crippen LogP contribution in [0, 0.1) is 5.82 Å². The first-order valence-electron chi connectivity index (χ1n) is 10.8. The molecular weight excluding hydrogens is 429 g/mol. The van der Waals surface area contributed by atoms with Gasteiger partial charge in [0.25, 0.3) is 11.7 Å². The average molecular weight is 455 g/mol. The Balaban J connectivity index is 1.66. The number of likely N-dealkylation sites (tertiary alicyclic amines) is 1. The maximum absolute atomic E-state index is 14.3. The van der Waals surface area contributed by atoms with Crippen molar-refractivity contribution in [2.24, 2.45) is 0 Å². The van der Waals surface area contributed by atoms with Crippen LogP contribution < -0.4 is 4.74 Å². The maximum atomic E-state index is 14.3. The van der Waals surface area contributed by atoms with Crippen molar-refractivity contribution in [2.75, 3.05) is 46.5 Å². The van der Waals surface area contributed by atoms with E-state index in [1.54, 1.807) is 24.5 Å². The van der Waals surface area contributed by atoms with Gasteiger partial charge in [0.05, 0.1) is 31.9 Å². The van der Waals surface area contributed by atoms with Gasteiger partial charge in [-0.2, -0.15) is 0 Å². The highest BCUT2D eigenvalue weighted by Gasteiger charge is 2.45. The van der Waals surface area contributed by atoms with Crippen molar-refractivity contribution >= 4 is 17.4 Å². The molecule has 0 spiro atoms. The average Bonchev–Trinajstić information content (AvgIpc) is 3.10. The Hall–Kier alpha value is -3.30. The Morgan fingerprint density at radius 3 is 2.58 bits per heavy atom. The zero-order valence-corrected chi connectivity index (χ0v) is 18.4. The number of amides is 1. The molecule has 2 aromatic rings. The second-order valence-electron chi connectivity index (χ2n) is 7.93. The molecule has 33 heavy (non-hydrogen) atoms. The zero-order chi connectivity index (χ0) is 23.4. The quantitative estimate of drug-likeness (QED) is 0.389. The number of nitrogens with zero attached hydrogens (tertiary/aromatic N) is 3. The number of pyridine rings is 1. The highest BCUT2D eigenvalue weighted by molar-refractivity contribution is 6.46. The molecule has 9 heteroatoms. The van der Waals surface area contributed by atoms with Crippen LogP contribution in [0.5, 0.6) is 5.75 Å². The smallest absolute Gasteiger partial charge is 0.295 e. The second kappa shape index (κ2) is 10.1. The van der Waals surface area contributed by atoms with Gasteiger partial charge in [0.15, 0.2) is 11.6 Å². The second-order valence-corrected chi connectivity index (χ2v) is 7.93. The lowest BCUT2D eigenvalue weighted by Gasteiger charge is -2.29. The molecule has 1 unspecified atom stereocenters. The standard InChI is InChI=1S/C24H26FN3O5/c1-32-19-4-3-17(15-18(19)25)22(29)20-21(16-5-7-26-8-6-16)28(24(31)23(20)30)10-2-9-27-11-13-33-14-12-27/h3-8,15,21,29H,2,9-14H2,1H3/b22-20-. The van der Waals surface area contributed by atoms with Crippen molar-refractivity contribution in [1.29, 1.82) is 0 Å². The fourth-order valence-corrected chi connectivity index (χ4v) is 4.26. The molecule has 8 nitrogen and oxygen atoms in total. The summed E-state index contributed by atoms with van der Waals surface area (Å²) in [7, 11) is 1.34. The van der Waals surface area contributed by atoms with E-state index in [0.717, 1.165) is 25.7 Å². The SMILES string of the molecule is COc1ccc(/C(O)=C2/C(=O)C(=O)N(CCCN3CCOCC3)C2c2ccncc2)cc1F. The largest absolute Gasteiger partial charge is 0.507 e. The Bertz CT molecular complexity index is 1050. The number of halogens is 1. The van der Waals surface area contributed by atoms with Crippen LogP contribution in [-0.4, -0.2) is 78.1 Å². The van der Waals surface area contributed by atoms with E-state index in [2.05, 4.69) is 9.88 Å². The van der Waals surface area contributed by atoms with Gasteiger partial charge in [-0.15, -0.1) is 0 Å². The number of hydrogen-bond donors (Lipinski definition) is 1. The number of aromatic nitrogens is 1. The van der Waals surface area contributed by atoms with E-state index < -0.39 is 29.3 Å². The number of hydrogen-bond acceptors (Lipinski definition) is 7. The van der Waals surface area contributed by atoms with Crippen molar-refractivity contribution in [1.82, 2.24) is 14.8 Å². The molecule has 1 atom stereocenters. The summed E-state index contributed by atoms with van der Waals surface area (Å²) in [5.41, 5.74) is 0.673. The van der Waals surface area contributed by atoms with E-state index in [9.17, 15) is 19.1 Å². The van der Waals surface area contributed by atoms with E-state index in [4.69, 9.17) is 9.47 Å². The normalized spacial score (nSPS) is 20.9. The highest BCUT2D eigenvalue weighted by atomic mass is 19.1. The van der Waals surface area contributed by atoms with Gasteiger partial charge in [-0.25, -0.2) is 4.39 Å². The summed E-state index contributed by atoms with van der Waals surface area (Å²) in [6, 6.07) is 6.52. The van der Waals surface area contributed by atoms with Gasteiger partial charge in [-0.3, -0.25) is 19.5 Å². The number of methoxy groups -OCH3 is 1. The first-order chi connectivity index (χ1) is 16.0. The topological polar surface area (TPSA) is 92.2 Å². The van der Waals surface area contributed by atoms with Crippen molar-refractivity contribution in [2.45, 2.75) is 12.5 Å². The van der Waals surface area contributed by atoms with Crippen molar-refractivity contribution in [3.63, 3.8) is 0 Å². The number of ether oxygens (including phenoxy) is 2. The van der Waals surface area contributed by atoms with Crippen molar-refractivity contribution in [3.8, 4) is 5.75 Å². The number of ketones is 1. The molecule has 3 heterocycles. The molecule has 2 fully saturated rings. The van der Waals surface area contributed by atoms with E-state index in [1.807, 2.05) is 0 Å². The summed E-state index contributed by atoms with van der Waals surface area (Å²) in [6.45, 7) is 4.12. The summed E-state index contributed by atoms with van der Waals surface area (Å²) in [4.78, 5) is 33.7. The molecule has 174 valence electrons.